The van der Waals surface area contributed by atoms with Gasteiger partial charge >= 0.3 is 0 Å². The van der Waals surface area contributed by atoms with E-state index in [9.17, 15) is 4.79 Å². The molecule has 0 unspecified atom stereocenters. The summed E-state index contributed by atoms with van der Waals surface area (Å²) < 4.78 is 8.65. The van der Waals surface area contributed by atoms with Gasteiger partial charge in [-0.2, -0.15) is 0 Å². The van der Waals surface area contributed by atoms with Gasteiger partial charge in [-0.15, -0.1) is 11.3 Å². The van der Waals surface area contributed by atoms with Crippen molar-refractivity contribution in [3.05, 3.63) is 46.6 Å². The van der Waals surface area contributed by atoms with Gasteiger partial charge in [-0.25, -0.2) is 4.98 Å². The molecule has 0 amide bonds. The van der Waals surface area contributed by atoms with Gasteiger partial charge < -0.3 is 15.4 Å². The Morgan fingerprint density at radius 3 is 2.92 bits per heavy atom. The molecule has 6 nitrogen and oxygen atoms in total. The Morgan fingerprint density at radius 1 is 1.12 bits per heavy atom. The first-order valence-corrected chi connectivity index (χ1v) is 9.51. The number of anilines is 2. The number of rotatable bonds is 1. The normalized spacial score (nSPS) is 15.8. The molecule has 0 radical (unpaired) electrons. The zero-order valence-electron chi connectivity index (χ0n) is 14.1. The van der Waals surface area contributed by atoms with Crippen LogP contribution in [0, 0.1) is 0 Å². The number of hydrogen-bond donors (Lipinski definition) is 1. The highest BCUT2D eigenvalue weighted by Gasteiger charge is 2.18. The van der Waals surface area contributed by atoms with Crippen molar-refractivity contribution in [2.45, 2.75) is 6.42 Å². The van der Waals surface area contributed by atoms with Crippen molar-refractivity contribution in [2.24, 2.45) is 0 Å². The van der Waals surface area contributed by atoms with E-state index in [0.717, 1.165) is 47.0 Å². The molecule has 1 saturated heterocycles. The van der Waals surface area contributed by atoms with Crippen LogP contribution < -0.4 is 16.1 Å². The van der Waals surface area contributed by atoms with Crippen LogP contribution in [-0.4, -0.2) is 35.7 Å². The van der Waals surface area contributed by atoms with Crippen LogP contribution >= 0.6 is 11.3 Å². The van der Waals surface area contributed by atoms with E-state index in [-0.39, 0.29) is 11.1 Å². The van der Waals surface area contributed by atoms with Crippen molar-refractivity contribution in [3.8, 4) is 0 Å². The van der Waals surface area contributed by atoms with Crippen LogP contribution in [0.5, 0.6) is 0 Å². The zero-order valence-corrected chi connectivity index (χ0v) is 15.0. The first kappa shape index (κ1) is 15.6. The molecule has 0 aliphatic carbocycles. The number of ether oxygens (including phenoxy) is 1. The van der Waals surface area contributed by atoms with Crippen LogP contribution in [0.2, 0.25) is 0 Å². The van der Waals surface area contributed by atoms with Gasteiger partial charge in [-0.05, 0) is 30.7 Å². The molecule has 0 saturated carbocycles. The number of benzene rings is 1. The first-order chi connectivity index (χ1) is 12.7. The second-order valence-corrected chi connectivity index (χ2v) is 7.48. The minimum Gasteiger partial charge on any atom is -0.393 e. The Labute approximate surface area is 153 Å². The molecule has 3 aromatic heterocycles. The van der Waals surface area contributed by atoms with E-state index in [1.807, 2.05) is 40.8 Å². The lowest BCUT2D eigenvalue weighted by molar-refractivity contribution is 0.152. The van der Waals surface area contributed by atoms with Crippen molar-refractivity contribution >= 4 is 48.9 Å². The van der Waals surface area contributed by atoms with Gasteiger partial charge in [0.15, 0.2) is 5.65 Å². The lowest BCUT2D eigenvalue weighted by Crippen LogP contribution is -2.27. The van der Waals surface area contributed by atoms with Crippen LogP contribution in [0.25, 0.3) is 26.1 Å². The molecule has 1 aliphatic rings. The summed E-state index contributed by atoms with van der Waals surface area (Å²) in [5, 5.41) is 0.554. The summed E-state index contributed by atoms with van der Waals surface area (Å²) in [6.07, 6.45) is 0.970. The first-order valence-electron chi connectivity index (χ1n) is 8.69. The molecule has 4 aromatic rings. The third kappa shape index (κ3) is 2.28. The number of pyridine rings is 2. The fourth-order valence-electron chi connectivity index (χ4n) is 3.55. The van der Waals surface area contributed by atoms with Crippen LogP contribution in [0.1, 0.15) is 6.42 Å². The number of para-hydroxylation sites is 1. The molecular formula is C19H18N4O2S. The smallest absolute Gasteiger partial charge is 0.215 e. The number of nitrogens with zero attached hydrogens (tertiary/aromatic N) is 3. The van der Waals surface area contributed by atoms with E-state index in [0.29, 0.717) is 17.6 Å². The quantitative estimate of drug-likeness (QED) is 0.561. The summed E-state index contributed by atoms with van der Waals surface area (Å²) in [4.78, 5) is 20.6. The minimum absolute atomic E-state index is 0.148. The lowest BCUT2D eigenvalue weighted by atomic mass is 10.2. The van der Waals surface area contributed by atoms with Gasteiger partial charge in [0.1, 0.15) is 16.3 Å². The van der Waals surface area contributed by atoms with E-state index in [4.69, 9.17) is 15.5 Å². The summed E-state index contributed by atoms with van der Waals surface area (Å²) >= 11 is 1.53. The van der Waals surface area contributed by atoms with Gasteiger partial charge in [-0.1, -0.05) is 12.1 Å². The SMILES string of the molecule is Nc1c(=O)c2ccc(N3CCCOCC3)nc2n2c1sc1ccccc12. The number of thiazole rings is 1. The predicted octanol–water partition coefficient (Wildman–Crippen LogP) is 2.87. The fraction of sp³-hybridized carbons (Fsp3) is 0.263. The van der Waals surface area contributed by atoms with Gasteiger partial charge in [0.2, 0.25) is 5.43 Å². The number of aromatic nitrogens is 2. The topological polar surface area (TPSA) is 72.9 Å². The van der Waals surface area contributed by atoms with Crippen molar-refractivity contribution in [2.75, 3.05) is 36.9 Å². The predicted molar refractivity (Wildman–Crippen MR) is 106 cm³/mol. The molecule has 26 heavy (non-hydrogen) atoms. The molecule has 2 N–H and O–H groups in total. The highest BCUT2D eigenvalue weighted by atomic mass is 32.1. The van der Waals surface area contributed by atoms with E-state index >= 15 is 0 Å². The number of fused-ring (bicyclic) bond motifs is 5. The molecule has 1 aliphatic heterocycles. The van der Waals surface area contributed by atoms with Crippen molar-refractivity contribution < 1.29 is 4.74 Å². The largest absolute Gasteiger partial charge is 0.393 e. The van der Waals surface area contributed by atoms with E-state index < -0.39 is 0 Å². The molecule has 7 heteroatoms. The lowest BCUT2D eigenvalue weighted by Gasteiger charge is -2.21. The summed E-state index contributed by atoms with van der Waals surface area (Å²) in [5.41, 5.74) is 8.00. The molecule has 0 bridgehead atoms. The van der Waals surface area contributed by atoms with Gasteiger partial charge in [0.25, 0.3) is 0 Å². The monoisotopic (exact) mass is 366 g/mol. The zero-order chi connectivity index (χ0) is 17.7. The third-order valence-electron chi connectivity index (χ3n) is 4.85. The molecular weight excluding hydrogens is 348 g/mol. The van der Waals surface area contributed by atoms with Gasteiger partial charge in [-0.3, -0.25) is 9.20 Å². The Morgan fingerprint density at radius 2 is 2.00 bits per heavy atom. The van der Waals surface area contributed by atoms with Crippen LogP contribution in [0.4, 0.5) is 11.5 Å². The Hall–Kier alpha value is -2.64. The van der Waals surface area contributed by atoms with E-state index in [1.165, 1.54) is 11.3 Å². The van der Waals surface area contributed by atoms with Crippen LogP contribution in [0.15, 0.2) is 41.2 Å². The third-order valence-corrected chi connectivity index (χ3v) is 6.01. The maximum atomic E-state index is 12.8. The Balaban J connectivity index is 1.84. The highest BCUT2D eigenvalue weighted by Crippen LogP contribution is 2.32. The molecule has 1 aromatic carbocycles. The molecule has 4 heterocycles. The van der Waals surface area contributed by atoms with E-state index in [2.05, 4.69) is 4.90 Å². The second kappa shape index (κ2) is 5.96. The molecule has 5 rings (SSSR count). The molecule has 0 spiro atoms. The minimum atomic E-state index is -0.148. The molecule has 0 atom stereocenters. The fourth-order valence-corrected chi connectivity index (χ4v) is 4.65. The van der Waals surface area contributed by atoms with E-state index in [1.54, 1.807) is 0 Å². The summed E-state index contributed by atoms with van der Waals surface area (Å²) in [7, 11) is 0. The van der Waals surface area contributed by atoms with Crippen molar-refractivity contribution in [3.63, 3.8) is 0 Å². The second-order valence-electron chi connectivity index (χ2n) is 6.45. The molecule has 1 fully saturated rings. The number of hydrogen-bond acceptors (Lipinski definition) is 6. The van der Waals surface area contributed by atoms with Gasteiger partial charge in [0, 0.05) is 19.7 Å². The standard InChI is InChI=1S/C19H18N4O2S/c20-16-17(24)12-6-7-15(22-8-3-10-25-11-9-22)21-18(12)23-13-4-1-2-5-14(13)26-19(16)23/h1-2,4-7H,3,8-11,20H2. The van der Waals surface area contributed by atoms with Gasteiger partial charge in [0.05, 0.1) is 22.2 Å². The summed E-state index contributed by atoms with van der Waals surface area (Å²) in [6.45, 7) is 3.17. The van der Waals surface area contributed by atoms with Crippen molar-refractivity contribution in [1.82, 2.24) is 9.38 Å². The van der Waals surface area contributed by atoms with Crippen LogP contribution in [0.3, 0.4) is 0 Å². The number of nitrogen functional groups attached to an aromatic ring is 1. The highest BCUT2D eigenvalue weighted by molar-refractivity contribution is 7.24. The number of nitrogens with two attached hydrogens (primary N) is 1. The Bertz CT molecular complexity index is 1190. The van der Waals surface area contributed by atoms with Crippen LogP contribution in [-0.2, 0) is 4.74 Å². The summed E-state index contributed by atoms with van der Waals surface area (Å²) in [5.74, 6) is 0.872. The average Bonchev–Trinajstić information content (AvgIpc) is 2.85. The average molecular weight is 366 g/mol. The van der Waals surface area contributed by atoms with Crippen molar-refractivity contribution in [1.29, 1.82) is 0 Å². The maximum Gasteiger partial charge on any atom is 0.215 e. The maximum absolute atomic E-state index is 12.8. The molecule has 132 valence electrons. The Kier molecular flexibility index (Phi) is 3.58. The summed E-state index contributed by atoms with van der Waals surface area (Å²) in [6, 6.07) is 11.8.